The van der Waals surface area contributed by atoms with Gasteiger partial charge in [0.15, 0.2) is 12.6 Å². The van der Waals surface area contributed by atoms with Crippen LogP contribution in [0.4, 0.5) is 0 Å². The van der Waals surface area contributed by atoms with Crippen molar-refractivity contribution < 1.29 is 18.9 Å². The van der Waals surface area contributed by atoms with E-state index in [4.69, 9.17) is 18.9 Å². The minimum absolute atomic E-state index is 0.00451. The van der Waals surface area contributed by atoms with Gasteiger partial charge in [-0.05, 0) is 33.1 Å². The molecule has 0 aromatic heterocycles. The van der Waals surface area contributed by atoms with Crippen LogP contribution < -0.4 is 5.32 Å². The third kappa shape index (κ3) is 7.28. The lowest BCUT2D eigenvalue weighted by Gasteiger charge is -2.23. The molecule has 0 amide bonds. The second-order valence-corrected chi connectivity index (χ2v) is 4.21. The molecule has 108 valence electrons. The smallest absolute Gasteiger partial charge is 0.169 e. The molecule has 5 nitrogen and oxygen atoms in total. The van der Waals surface area contributed by atoms with Crippen LogP contribution in [0.1, 0.15) is 33.1 Å². The third-order valence-electron chi connectivity index (χ3n) is 2.74. The van der Waals surface area contributed by atoms with Gasteiger partial charge in [0, 0.05) is 32.9 Å². The maximum Gasteiger partial charge on any atom is 0.169 e. The van der Waals surface area contributed by atoms with E-state index in [1.165, 1.54) is 6.42 Å². The molecule has 0 saturated carbocycles. The van der Waals surface area contributed by atoms with Crippen molar-refractivity contribution in [1.29, 1.82) is 0 Å². The monoisotopic (exact) mass is 261 g/mol. The minimum atomic E-state index is -0.161. The number of nitrogens with one attached hydrogen (secondary N) is 1. The normalized spacial score (nSPS) is 20.5. The molecule has 18 heavy (non-hydrogen) atoms. The molecule has 0 radical (unpaired) electrons. The van der Waals surface area contributed by atoms with Gasteiger partial charge in [0.05, 0.1) is 6.61 Å². The minimum Gasteiger partial charge on any atom is -0.353 e. The first-order valence-electron chi connectivity index (χ1n) is 7.04. The Balaban J connectivity index is 1.95. The van der Waals surface area contributed by atoms with E-state index in [1.807, 2.05) is 13.8 Å². The van der Waals surface area contributed by atoms with Crippen LogP contribution in [-0.2, 0) is 18.9 Å². The molecule has 1 aliphatic heterocycles. The maximum atomic E-state index is 5.62. The first kappa shape index (κ1) is 15.9. The molecular weight excluding hydrogens is 234 g/mol. The molecule has 1 N–H and O–H groups in total. The van der Waals surface area contributed by atoms with Gasteiger partial charge in [-0.3, -0.25) is 0 Å². The van der Waals surface area contributed by atoms with Gasteiger partial charge in [-0.25, -0.2) is 0 Å². The highest BCUT2D eigenvalue weighted by atomic mass is 16.7. The van der Waals surface area contributed by atoms with E-state index in [-0.39, 0.29) is 12.6 Å². The van der Waals surface area contributed by atoms with Crippen molar-refractivity contribution in [3.05, 3.63) is 0 Å². The lowest BCUT2D eigenvalue weighted by atomic mass is 10.2. The van der Waals surface area contributed by atoms with Crippen LogP contribution in [0.15, 0.2) is 0 Å². The van der Waals surface area contributed by atoms with E-state index in [0.29, 0.717) is 26.4 Å². The highest BCUT2D eigenvalue weighted by molar-refractivity contribution is 4.56. The fourth-order valence-corrected chi connectivity index (χ4v) is 1.86. The molecule has 1 unspecified atom stereocenters. The van der Waals surface area contributed by atoms with E-state index in [0.717, 1.165) is 26.0 Å². The quantitative estimate of drug-likeness (QED) is 0.477. The largest absolute Gasteiger partial charge is 0.353 e. The van der Waals surface area contributed by atoms with Gasteiger partial charge in [-0.1, -0.05) is 0 Å². The van der Waals surface area contributed by atoms with E-state index in [2.05, 4.69) is 5.32 Å². The van der Waals surface area contributed by atoms with Crippen LogP contribution >= 0.6 is 0 Å². The van der Waals surface area contributed by atoms with Crippen LogP contribution in [0.2, 0.25) is 0 Å². The highest BCUT2D eigenvalue weighted by Gasteiger charge is 2.13. The first-order chi connectivity index (χ1) is 8.86. The number of hydrogen-bond donors (Lipinski definition) is 1. The van der Waals surface area contributed by atoms with Gasteiger partial charge in [0.2, 0.25) is 0 Å². The Labute approximate surface area is 110 Å². The predicted molar refractivity (Wildman–Crippen MR) is 69.5 cm³/mol. The molecule has 0 spiro atoms. The molecule has 0 bridgehead atoms. The Hall–Kier alpha value is -0.200. The van der Waals surface area contributed by atoms with Gasteiger partial charge >= 0.3 is 0 Å². The summed E-state index contributed by atoms with van der Waals surface area (Å²) < 4.78 is 22.0. The molecule has 5 heteroatoms. The van der Waals surface area contributed by atoms with Crippen molar-refractivity contribution in [1.82, 2.24) is 5.32 Å². The van der Waals surface area contributed by atoms with Crippen LogP contribution in [0, 0.1) is 0 Å². The van der Waals surface area contributed by atoms with E-state index >= 15 is 0 Å². The summed E-state index contributed by atoms with van der Waals surface area (Å²) in [5.74, 6) is 0. The number of hydrogen-bond acceptors (Lipinski definition) is 5. The summed E-state index contributed by atoms with van der Waals surface area (Å²) >= 11 is 0. The van der Waals surface area contributed by atoms with E-state index in [1.54, 1.807) is 0 Å². The standard InChI is InChI=1S/C13H27NO4/c1-3-15-13(16-4-2)11-14-8-10-18-12-7-5-6-9-17-12/h12-14H,3-11H2,1-2H3. The van der Waals surface area contributed by atoms with Crippen molar-refractivity contribution in [3.8, 4) is 0 Å². The van der Waals surface area contributed by atoms with Crippen LogP contribution in [0.3, 0.4) is 0 Å². The van der Waals surface area contributed by atoms with Gasteiger partial charge in [-0.15, -0.1) is 0 Å². The van der Waals surface area contributed by atoms with Crippen molar-refractivity contribution in [2.45, 2.75) is 45.7 Å². The SMILES string of the molecule is CCOC(CNCCOC1CCCCO1)OCC. The van der Waals surface area contributed by atoms with Gasteiger partial charge < -0.3 is 24.3 Å². The Morgan fingerprint density at radius 3 is 2.61 bits per heavy atom. The molecule has 0 aliphatic carbocycles. The van der Waals surface area contributed by atoms with Crippen molar-refractivity contribution in [3.63, 3.8) is 0 Å². The number of rotatable bonds is 10. The summed E-state index contributed by atoms with van der Waals surface area (Å²) in [5.41, 5.74) is 0. The Morgan fingerprint density at radius 1 is 1.22 bits per heavy atom. The summed E-state index contributed by atoms with van der Waals surface area (Å²) in [6, 6.07) is 0. The van der Waals surface area contributed by atoms with Crippen molar-refractivity contribution in [2.75, 3.05) is 39.5 Å². The molecule has 0 aromatic rings. The second-order valence-electron chi connectivity index (χ2n) is 4.21. The van der Waals surface area contributed by atoms with Crippen LogP contribution in [-0.4, -0.2) is 52.1 Å². The zero-order valence-electron chi connectivity index (χ0n) is 11.7. The molecule has 1 heterocycles. The summed E-state index contributed by atoms with van der Waals surface area (Å²) in [6.45, 7) is 8.24. The average molecular weight is 261 g/mol. The van der Waals surface area contributed by atoms with Gasteiger partial charge in [0.25, 0.3) is 0 Å². The molecule has 1 fully saturated rings. The third-order valence-corrected chi connectivity index (χ3v) is 2.74. The van der Waals surface area contributed by atoms with Crippen molar-refractivity contribution >= 4 is 0 Å². The summed E-state index contributed by atoms with van der Waals surface area (Å²) in [5, 5.41) is 3.26. The predicted octanol–water partition coefficient (Wildman–Crippen LogP) is 1.52. The van der Waals surface area contributed by atoms with E-state index in [9.17, 15) is 0 Å². The Bertz CT molecular complexity index is 180. The summed E-state index contributed by atoms with van der Waals surface area (Å²) in [7, 11) is 0. The second kappa shape index (κ2) is 10.7. The van der Waals surface area contributed by atoms with Gasteiger partial charge in [0.1, 0.15) is 0 Å². The fourth-order valence-electron chi connectivity index (χ4n) is 1.86. The Morgan fingerprint density at radius 2 is 2.00 bits per heavy atom. The fraction of sp³-hybridized carbons (Fsp3) is 1.00. The molecule has 1 rings (SSSR count). The molecule has 1 saturated heterocycles. The van der Waals surface area contributed by atoms with Gasteiger partial charge in [-0.2, -0.15) is 0 Å². The first-order valence-corrected chi connectivity index (χ1v) is 7.04. The van der Waals surface area contributed by atoms with Crippen LogP contribution in [0.5, 0.6) is 0 Å². The molecule has 1 aliphatic rings. The lowest BCUT2D eigenvalue weighted by Crippen LogP contribution is -2.34. The molecule has 1 atom stereocenters. The zero-order chi connectivity index (χ0) is 13.1. The molecule has 0 aromatic carbocycles. The lowest BCUT2D eigenvalue weighted by molar-refractivity contribution is -0.162. The zero-order valence-corrected chi connectivity index (χ0v) is 11.7. The maximum absolute atomic E-state index is 5.62. The molecular formula is C13H27NO4. The topological polar surface area (TPSA) is 49.0 Å². The summed E-state index contributed by atoms with van der Waals surface area (Å²) in [4.78, 5) is 0. The highest BCUT2D eigenvalue weighted by Crippen LogP contribution is 2.12. The average Bonchev–Trinajstić information content (AvgIpc) is 2.40. The van der Waals surface area contributed by atoms with Crippen LogP contribution in [0.25, 0.3) is 0 Å². The Kier molecular flexibility index (Phi) is 9.42. The van der Waals surface area contributed by atoms with E-state index < -0.39 is 0 Å². The summed E-state index contributed by atoms with van der Waals surface area (Å²) in [6.07, 6.45) is 3.21. The number of ether oxygens (including phenoxy) is 4. The van der Waals surface area contributed by atoms with Crippen molar-refractivity contribution in [2.24, 2.45) is 0 Å².